The summed E-state index contributed by atoms with van der Waals surface area (Å²) < 4.78 is 5.28. The van der Waals surface area contributed by atoms with Gasteiger partial charge < -0.3 is 25.0 Å². The van der Waals surface area contributed by atoms with Crippen LogP contribution < -0.4 is 5.32 Å². The highest BCUT2D eigenvalue weighted by atomic mass is 35.5. The summed E-state index contributed by atoms with van der Waals surface area (Å²) in [5.74, 6) is -0.0990. The summed E-state index contributed by atoms with van der Waals surface area (Å²) >= 11 is 0. The fourth-order valence-electron chi connectivity index (χ4n) is 2.76. The Balaban J connectivity index is 0.00000242. The number of halogens is 1. The lowest BCUT2D eigenvalue weighted by Crippen LogP contribution is -2.57. The second kappa shape index (κ2) is 9.29. The minimum Gasteiger partial charge on any atom is -0.391 e. The van der Waals surface area contributed by atoms with Crippen molar-refractivity contribution in [2.24, 2.45) is 0 Å². The highest BCUT2D eigenvalue weighted by Gasteiger charge is 2.32. The molecule has 2 fully saturated rings. The Morgan fingerprint density at radius 3 is 2.86 bits per heavy atom. The first-order valence-electron chi connectivity index (χ1n) is 7.67. The number of piperazine rings is 1. The zero-order valence-corrected chi connectivity index (χ0v) is 13.8. The average molecular weight is 336 g/mol. The van der Waals surface area contributed by atoms with Crippen LogP contribution >= 0.6 is 12.4 Å². The predicted molar refractivity (Wildman–Crippen MR) is 83.9 cm³/mol. The predicted octanol–water partition coefficient (Wildman–Crippen LogP) is -0.772. The molecular weight excluding hydrogens is 310 g/mol. The maximum atomic E-state index is 12.3. The second-order valence-electron chi connectivity index (χ2n) is 5.52. The van der Waals surface area contributed by atoms with Gasteiger partial charge in [0.15, 0.2) is 0 Å². The van der Waals surface area contributed by atoms with Crippen LogP contribution in [0.2, 0.25) is 0 Å². The van der Waals surface area contributed by atoms with Crippen LogP contribution in [0.1, 0.15) is 19.8 Å². The largest absolute Gasteiger partial charge is 0.391 e. The molecule has 0 bridgehead atoms. The summed E-state index contributed by atoms with van der Waals surface area (Å²) in [6, 6.07) is -0.453. The minimum atomic E-state index is -0.453. The summed E-state index contributed by atoms with van der Waals surface area (Å²) in [6.07, 6.45) is 0.362. The van der Waals surface area contributed by atoms with Gasteiger partial charge in [-0.2, -0.15) is 0 Å². The van der Waals surface area contributed by atoms with Crippen molar-refractivity contribution in [2.45, 2.75) is 31.9 Å². The zero-order chi connectivity index (χ0) is 15.2. The maximum Gasteiger partial charge on any atom is 0.240 e. The van der Waals surface area contributed by atoms with Gasteiger partial charge in [0, 0.05) is 39.3 Å². The summed E-state index contributed by atoms with van der Waals surface area (Å²) in [7, 11) is 0. The summed E-state index contributed by atoms with van der Waals surface area (Å²) in [5.41, 5.74) is 0. The molecule has 22 heavy (non-hydrogen) atoms. The molecule has 2 amide bonds. The smallest absolute Gasteiger partial charge is 0.240 e. The van der Waals surface area contributed by atoms with Crippen LogP contribution in [-0.2, 0) is 14.3 Å². The van der Waals surface area contributed by atoms with E-state index in [0.717, 1.165) is 0 Å². The summed E-state index contributed by atoms with van der Waals surface area (Å²) in [6.45, 7) is 5.97. The van der Waals surface area contributed by atoms with Gasteiger partial charge >= 0.3 is 0 Å². The number of ether oxygens (including phenoxy) is 1. The van der Waals surface area contributed by atoms with E-state index in [4.69, 9.17) is 4.74 Å². The molecule has 2 N–H and O–H groups in total. The van der Waals surface area contributed by atoms with Crippen molar-refractivity contribution in [3.63, 3.8) is 0 Å². The molecule has 8 heteroatoms. The van der Waals surface area contributed by atoms with E-state index in [2.05, 4.69) is 5.32 Å². The lowest BCUT2D eigenvalue weighted by atomic mass is 10.1. The summed E-state index contributed by atoms with van der Waals surface area (Å²) in [5, 5.41) is 12.6. The number of hydrogen-bond donors (Lipinski definition) is 2. The van der Waals surface area contributed by atoms with Gasteiger partial charge in [-0.3, -0.25) is 9.59 Å². The molecule has 2 atom stereocenters. The van der Waals surface area contributed by atoms with Crippen molar-refractivity contribution >= 4 is 24.2 Å². The van der Waals surface area contributed by atoms with Gasteiger partial charge in [0.05, 0.1) is 25.2 Å². The Morgan fingerprint density at radius 2 is 2.23 bits per heavy atom. The van der Waals surface area contributed by atoms with Crippen molar-refractivity contribution < 1.29 is 19.4 Å². The van der Waals surface area contributed by atoms with Gasteiger partial charge in [-0.05, 0) is 13.3 Å². The number of carbonyl (C=O) groups is 2. The average Bonchev–Trinajstić information content (AvgIpc) is 2.90. The third-order valence-corrected chi connectivity index (χ3v) is 3.99. The molecule has 0 aromatic heterocycles. The number of β-amino-alcohol motifs (C(OH)–C–C–N with tert-alkyl or cyclic N) is 1. The Hall–Kier alpha value is -0.890. The number of aliphatic hydroxyl groups is 1. The SMILES string of the molecule is CCOCCN1CCNC(CC(=O)N2CCC(O)C2)C1=O.Cl. The number of carbonyl (C=O) groups excluding carboxylic acids is 2. The molecule has 2 heterocycles. The molecule has 7 nitrogen and oxygen atoms in total. The number of rotatable bonds is 6. The van der Waals surface area contributed by atoms with Crippen molar-refractivity contribution in [1.29, 1.82) is 0 Å². The van der Waals surface area contributed by atoms with E-state index in [1.807, 2.05) is 6.92 Å². The van der Waals surface area contributed by atoms with E-state index in [-0.39, 0.29) is 30.6 Å². The van der Waals surface area contributed by atoms with Crippen molar-refractivity contribution in [2.75, 3.05) is 45.9 Å². The van der Waals surface area contributed by atoms with Crippen molar-refractivity contribution in [3.05, 3.63) is 0 Å². The molecule has 128 valence electrons. The second-order valence-corrected chi connectivity index (χ2v) is 5.52. The topological polar surface area (TPSA) is 82.1 Å². The van der Waals surface area contributed by atoms with Crippen molar-refractivity contribution in [1.82, 2.24) is 15.1 Å². The van der Waals surface area contributed by atoms with Gasteiger partial charge in [0.25, 0.3) is 0 Å². The van der Waals surface area contributed by atoms with E-state index in [0.29, 0.717) is 52.4 Å². The van der Waals surface area contributed by atoms with Crippen LogP contribution in [0.25, 0.3) is 0 Å². The van der Waals surface area contributed by atoms with Gasteiger partial charge in [-0.1, -0.05) is 0 Å². The van der Waals surface area contributed by atoms with Crippen LogP contribution in [0.3, 0.4) is 0 Å². The fourth-order valence-corrected chi connectivity index (χ4v) is 2.76. The Bertz CT molecular complexity index is 383. The molecule has 0 radical (unpaired) electrons. The normalized spacial score (nSPS) is 25.3. The number of hydrogen-bond acceptors (Lipinski definition) is 5. The molecule has 0 aromatic carbocycles. The number of nitrogens with one attached hydrogen (secondary N) is 1. The third kappa shape index (κ3) is 5.08. The first-order valence-corrected chi connectivity index (χ1v) is 7.67. The first-order chi connectivity index (χ1) is 10.1. The molecule has 2 rings (SSSR count). The van der Waals surface area contributed by atoms with E-state index < -0.39 is 12.1 Å². The molecule has 0 aromatic rings. The van der Waals surface area contributed by atoms with Crippen LogP contribution in [0.5, 0.6) is 0 Å². The van der Waals surface area contributed by atoms with Crippen LogP contribution in [0.15, 0.2) is 0 Å². The molecular formula is C14H26ClN3O4. The highest BCUT2D eigenvalue weighted by Crippen LogP contribution is 2.13. The molecule has 0 saturated carbocycles. The number of amides is 2. The molecule has 2 aliphatic rings. The first kappa shape index (κ1) is 19.2. The van der Waals surface area contributed by atoms with Crippen LogP contribution in [0, 0.1) is 0 Å². The number of aliphatic hydroxyl groups excluding tert-OH is 1. The minimum absolute atomic E-state index is 0. The number of nitrogens with zero attached hydrogens (tertiary/aromatic N) is 2. The summed E-state index contributed by atoms with van der Waals surface area (Å²) in [4.78, 5) is 27.9. The monoisotopic (exact) mass is 335 g/mol. The Kier molecular flexibility index (Phi) is 8.09. The lowest BCUT2D eigenvalue weighted by Gasteiger charge is -2.33. The Labute approximate surface area is 137 Å². The maximum absolute atomic E-state index is 12.3. The van der Waals surface area contributed by atoms with Gasteiger partial charge in [0.1, 0.15) is 0 Å². The van der Waals surface area contributed by atoms with E-state index >= 15 is 0 Å². The van der Waals surface area contributed by atoms with Crippen LogP contribution in [-0.4, -0.2) is 84.8 Å². The van der Waals surface area contributed by atoms with E-state index in [1.165, 1.54) is 0 Å². The van der Waals surface area contributed by atoms with Gasteiger partial charge in [-0.25, -0.2) is 0 Å². The molecule has 2 aliphatic heterocycles. The molecule has 2 unspecified atom stereocenters. The van der Waals surface area contributed by atoms with Crippen LogP contribution in [0.4, 0.5) is 0 Å². The van der Waals surface area contributed by atoms with Crippen molar-refractivity contribution in [3.8, 4) is 0 Å². The fraction of sp³-hybridized carbons (Fsp3) is 0.857. The Morgan fingerprint density at radius 1 is 1.45 bits per heavy atom. The van der Waals surface area contributed by atoms with E-state index in [9.17, 15) is 14.7 Å². The highest BCUT2D eigenvalue weighted by molar-refractivity contribution is 5.89. The molecule has 0 aliphatic carbocycles. The molecule has 2 saturated heterocycles. The lowest BCUT2D eigenvalue weighted by molar-refractivity contribution is -0.141. The van der Waals surface area contributed by atoms with E-state index in [1.54, 1.807) is 9.80 Å². The standard InChI is InChI=1S/C14H25N3O4.ClH/c1-2-21-8-7-16-6-4-15-12(14(16)20)9-13(19)17-5-3-11(18)10-17;/h11-12,15,18H,2-10H2,1H3;1H. The third-order valence-electron chi connectivity index (χ3n) is 3.99. The molecule has 0 spiro atoms. The van der Waals surface area contributed by atoms with Gasteiger partial charge in [-0.15, -0.1) is 12.4 Å². The zero-order valence-electron chi connectivity index (χ0n) is 13.0. The van der Waals surface area contributed by atoms with Gasteiger partial charge in [0.2, 0.25) is 11.8 Å². The quantitative estimate of drug-likeness (QED) is 0.623. The number of likely N-dealkylation sites (tertiary alicyclic amines) is 1.